The first-order chi connectivity index (χ1) is 14.7. The Morgan fingerprint density at radius 3 is 2.37 bits per heavy atom. The van der Waals surface area contributed by atoms with Crippen LogP contribution in [-0.4, -0.2) is 12.5 Å². The number of nitriles is 1. The zero-order valence-electron chi connectivity index (χ0n) is 16.7. The molecule has 5 nitrogen and oxygen atoms in total. The number of para-hydroxylation sites is 1. The summed E-state index contributed by atoms with van der Waals surface area (Å²) in [5, 5.41) is 12.2. The SMILES string of the molecule is CCOc1ccc(NC(=O)/C(C#N)=C/c2ccccc2OCc2ccccc2)cc1. The van der Waals surface area contributed by atoms with E-state index in [2.05, 4.69) is 5.32 Å². The first-order valence-electron chi connectivity index (χ1n) is 9.61. The van der Waals surface area contributed by atoms with Crippen LogP contribution < -0.4 is 14.8 Å². The molecule has 0 saturated carbocycles. The van der Waals surface area contributed by atoms with Crippen LogP contribution in [0.3, 0.4) is 0 Å². The molecule has 3 aromatic carbocycles. The highest BCUT2D eigenvalue weighted by Crippen LogP contribution is 2.23. The van der Waals surface area contributed by atoms with Crippen molar-refractivity contribution in [2.75, 3.05) is 11.9 Å². The van der Waals surface area contributed by atoms with Crippen LogP contribution in [0, 0.1) is 11.3 Å². The largest absolute Gasteiger partial charge is 0.494 e. The number of carbonyl (C=O) groups excluding carboxylic acids is 1. The van der Waals surface area contributed by atoms with Gasteiger partial charge in [-0.2, -0.15) is 5.26 Å². The minimum absolute atomic E-state index is 0.0142. The number of ether oxygens (including phenoxy) is 2. The van der Waals surface area contributed by atoms with E-state index in [1.807, 2.05) is 67.6 Å². The Bertz CT molecular complexity index is 1050. The fourth-order valence-corrected chi connectivity index (χ4v) is 2.77. The summed E-state index contributed by atoms with van der Waals surface area (Å²) in [5.41, 5.74) is 2.26. The molecule has 0 heterocycles. The van der Waals surface area contributed by atoms with Crippen molar-refractivity contribution in [2.45, 2.75) is 13.5 Å². The molecule has 150 valence electrons. The fraction of sp³-hybridized carbons (Fsp3) is 0.120. The third-order valence-corrected chi connectivity index (χ3v) is 4.24. The smallest absolute Gasteiger partial charge is 0.266 e. The average molecular weight is 398 g/mol. The molecule has 0 aliphatic heterocycles. The molecule has 3 aromatic rings. The van der Waals surface area contributed by atoms with E-state index in [9.17, 15) is 10.1 Å². The highest BCUT2D eigenvalue weighted by Gasteiger charge is 2.11. The van der Waals surface area contributed by atoms with Crippen molar-refractivity contribution in [2.24, 2.45) is 0 Å². The predicted molar refractivity (Wildman–Crippen MR) is 117 cm³/mol. The summed E-state index contributed by atoms with van der Waals surface area (Å²) in [7, 11) is 0. The number of rotatable bonds is 8. The van der Waals surface area contributed by atoms with Crippen LogP contribution in [0.4, 0.5) is 5.69 Å². The monoisotopic (exact) mass is 398 g/mol. The van der Waals surface area contributed by atoms with Crippen LogP contribution >= 0.6 is 0 Å². The molecule has 0 aliphatic carbocycles. The van der Waals surface area contributed by atoms with Gasteiger partial charge in [0.15, 0.2) is 0 Å². The molecule has 1 amide bonds. The van der Waals surface area contributed by atoms with Gasteiger partial charge in [0.2, 0.25) is 0 Å². The van der Waals surface area contributed by atoms with Crippen molar-refractivity contribution < 1.29 is 14.3 Å². The van der Waals surface area contributed by atoms with Crippen molar-refractivity contribution in [1.29, 1.82) is 5.26 Å². The Morgan fingerprint density at radius 1 is 0.967 bits per heavy atom. The minimum atomic E-state index is -0.487. The lowest BCUT2D eigenvalue weighted by Crippen LogP contribution is -2.13. The van der Waals surface area contributed by atoms with Crippen molar-refractivity contribution in [3.05, 3.63) is 95.6 Å². The molecule has 30 heavy (non-hydrogen) atoms. The lowest BCUT2D eigenvalue weighted by Gasteiger charge is -2.10. The van der Waals surface area contributed by atoms with Crippen molar-refractivity contribution in [3.8, 4) is 17.6 Å². The zero-order chi connectivity index (χ0) is 21.2. The summed E-state index contributed by atoms with van der Waals surface area (Å²) < 4.78 is 11.3. The fourth-order valence-electron chi connectivity index (χ4n) is 2.77. The van der Waals surface area contributed by atoms with Crippen LogP contribution in [0.2, 0.25) is 0 Å². The number of hydrogen-bond donors (Lipinski definition) is 1. The Kier molecular flexibility index (Phi) is 7.23. The number of nitrogens with zero attached hydrogens (tertiary/aromatic N) is 1. The first kappa shape index (κ1) is 20.7. The molecule has 0 fully saturated rings. The van der Waals surface area contributed by atoms with Gasteiger partial charge in [0.05, 0.1) is 6.61 Å². The number of amides is 1. The van der Waals surface area contributed by atoms with Gasteiger partial charge in [0.1, 0.15) is 29.7 Å². The highest BCUT2D eigenvalue weighted by molar-refractivity contribution is 6.09. The lowest BCUT2D eigenvalue weighted by molar-refractivity contribution is -0.112. The standard InChI is InChI=1S/C25H22N2O3/c1-2-29-23-14-12-22(13-15-23)27-25(28)21(17-26)16-20-10-6-7-11-24(20)30-18-19-8-4-3-5-9-19/h3-16H,2,18H2,1H3,(H,27,28)/b21-16+. The van der Waals surface area contributed by atoms with E-state index in [4.69, 9.17) is 9.47 Å². The third-order valence-electron chi connectivity index (χ3n) is 4.24. The Hall–Kier alpha value is -4.04. The maximum absolute atomic E-state index is 12.6. The lowest BCUT2D eigenvalue weighted by atomic mass is 10.1. The van der Waals surface area contributed by atoms with Crippen LogP contribution in [0.15, 0.2) is 84.4 Å². The van der Waals surface area contributed by atoms with E-state index in [0.717, 1.165) is 11.3 Å². The van der Waals surface area contributed by atoms with Gasteiger partial charge >= 0.3 is 0 Å². The van der Waals surface area contributed by atoms with Gasteiger partial charge in [-0.3, -0.25) is 4.79 Å². The minimum Gasteiger partial charge on any atom is -0.494 e. The van der Waals surface area contributed by atoms with E-state index in [-0.39, 0.29) is 5.57 Å². The molecule has 3 rings (SSSR count). The first-order valence-corrected chi connectivity index (χ1v) is 9.61. The molecule has 0 saturated heterocycles. The second-order valence-electron chi connectivity index (χ2n) is 6.39. The van der Waals surface area contributed by atoms with Crippen LogP contribution in [0.25, 0.3) is 6.08 Å². The van der Waals surface area contributed by atoms with E-state index in [1.54, 1.807) is 24.3 Å². The van der Waals surface area contributed by atoms with Gasteiger partial charge in [-0.25, -0.2) is 0 Å². The molecule has 0 radical (unpaired) electrons. The molecule has 1 N–H and O–H groups in total. The van der Waals surface area contributed by atoms with Crippen LogP contribution in [-0.2, 0) is 11.4 Å². The number of hydrogen-bond acceptors (Lipinski definition) is 4. The van der Waals surface area contributed by atoms with E-state index >= 15 is 0 Å². The molecule has 0 aromatic heterocycles. The van der Waals surface area contributed by atoms with E-state index in [0.29, 0.717) is 30.2 Å². The molecule has 0 spiro atoms. The van der Waals surface area contributed by atoms with Crippen molar-refractivity contribution >= 4 is 17.7 Å². The highest BCUT2D eigenvalue weighted by atomic mass is 16.5. The summed E-state index contributed by atoms with van der Waals surface area (Å²) in [5.74, 6) is 0.832. The molecule has 0 bridgehead atoms. The second-order valence-corrected chi connectivity index (χ2v) is 6.39. The van der Waals surface area contributed by atoms with Gasteiger partial charge in [-0.1, -0.05) is 48.5 Å². The number of carbonyl (C=O) groups is 1. The second kappa shape index (κ2) is 10.5. The maximum atomic E-state index is 12.6. The summed E-state index contributed by atoms with van der Waals surface area (Å²) in [4.78, 5) is 12.6. The van der Waals surface area contributed by atoms with Gasteiger partial charge in [-0.05, 0) is 48.9 Å². The molecule has 0 atom stereocenters. The number of anilines is 1. The molecular formula is C25H22N2O3. The summed E-state index contributed by atoms with van der Waals surface area (Å²) in [6, 6.07) is 26.1. The summed E-state index contributed by atoms with van der Waals surface area (Å²) in [6.45, 7) is 2.87. The number of nitrogens with one attached hydrogen (secondary N) is 1. The van der Waals surface area contributed by atoms with Gasteiger partial charge in [0.25, 0.3) is 5.91 Å². The van der Waals surface area contributed by atoms with Gasteiger partial charge < -0.3 is 14.8 Å². The molecule has 0 aliphatic rings. The quantitative estimate of drug-likeness (QED) is 0.418. The Morgan fingerprint density at radius 2 is 1.67 bits per heavy atom. The Labute approximate surface area is 176 Å². The van der Waals surface area contributed by atoms with Crippen LogP contribution in [0.5, 0.6) is 11.5 Å². The van der Waals surface area contributed by atoms with Gasteiger partial charge in [0, 0.05) is 11.3 Å². The molecular weight excluding hydrogens is 376 g/mol. The normalized spacial score (nSPS) is 10.7. The predicted octanol–water partition coefficient (Wildman–Crippen LogP) is 5.21. The summed E-state index contributed by atoms with van der Waals surface area (Å²) in [6.07, 6.45) is 1.53. The van der Waals surface area contributed by atoms with Crippen molar-refractivity contribution in [1.82, 2.24) is 0 Å². The van der Waals surface area contributed by atoms with Crippen LogP contribution in [0.1, 0.15) is 18.1 Å². The third kappa shape index (κ3) is 5.73. The molecule has 5 heteroatoms. The maximum Gasteiger partial charge on any atom is 0.266 e. The Balaban J connectivity index is 1.73. The van der Waals surface area contributed by atoms with Gasteiger partial charge in [-0.15, -0.1) is 0 Å². The summed E-state index contributed by atoms with van der Waals surface area (Å²) >= 11 is 0. The molecule has 0 unspecified atom stereocenters. The van der Waals surface area contributed by atoms with E-state index in [1.165, 1.54) is 6.08 Å². The number of benzene rings is 3. The topological polar surface area (TPSA) is 71.3 Å². The zero-order valence-corrected chi connectivity index (χ0v) is 16.7. The average Bonchev–Trinajstić information content (AvgIpc) is 2.79. The van der Waals surface area contributed by atoms with Crippen molar-refractivity contribution in [3.63, 3.8) is 0 Å². The van der Waals surface area contributed by atoms with E-state index < -0.39 is 5.91 Å².